The van der Waals surface area contributed by atoms with Crippen LogP contribution in [0.15, 0.2) is 18.3 Å². The molecule has 0 unspecified atom stereocenters. The van der Waals surface area contributed by atoms with Gasteiger partial charge < -0.3 is 4.90 Å². The zero-order chi connectivity index (χ0) is 8.55. The Bertz CT molecular complexity index is 266. The van der Waals surface area contributed by atoms with Crippen molar-refractivity contribution < 1.29 is 0 Å². The van der Waals surface area contributed by atoms with Gasteiger partial charge in [-0.25, -0.2) is 4.98 Å². The van der Waals surface area contributed by atoms with Crippen LogP contribution in [0.1, 0.15) is 12.8 Å². The van der Waals surface area contributed by atoms with Crippen LogP contribution in [0.2, 0.25) is 5.02 Å². The molecule has 1 aliphatic carbocycles. The standard InChI is InChI=1S/C9H11ClN2/c1-12(8-3-4-8)9-5-2-7(10)6-11-9/h2,5-6,8H,3-4H2,1H3. The lowest BCUT2D eigenvalue weighted by Gasteiger charge is -2.16. The van der Waals surface area contributed by atoms with E-state index in [9.17, 15) is 0 Å². The number of hydrogen-bond acceptors (Lipinski definition) is 2. The molecule has 1 aliphatic rings. The Labute approximate surface area is 77.2 Å². The topological polar surface area (TPSA) is 16.1 Å². The van der Waals surface area contributed by atoms with Crippen molar-refractivity contribution in [3.63, 3.8) is 0 Å². The van der Waals surface area contributed by atoms with E-state index in [0.29, 0.717) is 11.1 Å². The fraction of sp³-hybridized carbons (Fsp3) is 0.444. The fourth-order valence-electron chi connectivity index (χ4n) is 1.23. The molecule has 0 aromatic carbocycles. The molecule has 1 saturated carbocycles. The molecule has 64 valence electrons. The maximum atomic E-state index is 5.73. The Kier molecular flexibility index (Phi) is 1.93. The van der Waals surface area contributed by atoms with Gasteiger partial charge in [-0.1, -0.05) is 11.6 Å². The molecule has 2 rings (SSSR count). The molecule has 12 heavy (non-hydrogen) atoms. The van der Waals surface area contributed by atoms with E-state index in [4.69, 9.17) is 11.6 Å². The van der Waals surface area contributed by atoms with E-state index >= 15 is 0 Å². The van der Waals surface area contributed by atoms with Crippen LogP contribution < -0.4 is 4.90 Å². The van der Waals surface area contributed by atoms with Crippen LogP contribution in [0.3, 0.4) is 0 Å². The van der Waals surface area contributed by atoms with Crippen molar-refractivity contribution in [3.05, 3.63) is 23.4 Å². The second-order valence-electron chi connectivity index (χ2n) is 3.18. The van der Waals surface area contributed by atoms with Crippen LogP contribution in [0.5, 0.6) is 0 Å². The highest BCUT2D eigenvalue weighted by atomic mass is 35.5. The van der Waals surface area contributed by atoms with Gasteiger partial charge in [0.25, 0.3) is 0 Å². The van der Waals surface area contributed by atoms with Crippen molar-refractivity contribution in [2.45, 2.75) is 18.9 Å². The summed E-state index contributed by atoms with van der Waals surface area (Å²) in [5.74, 6) is 1.02. The molecular formula is C9H11ClN2. The van der Waals surface area contributed by atoms with Gasteiger partial charge in [0.2, 0.25) is 0 Å². The first-order chi connectivity index (χ1) is 5.77. The van der Waals surface area contributed by atoms with Gasteiger partial charge in [0.1, 0.15) is 5.82 Å². The third kappa shape index (κ3) is 1.53. The van der Waals surface area contributed by atoms with Crippen LogP contribution in [-0.4, -0.2) is 18.1 Å². The van der Waals surface area contributed by atoms with E-state index in [2.05, 4.69) is 16.9 Å². The van der Waals surface area contributed by atoms with Crippen molar-refractivity contribution >= 4 is 17.4 Å². The van der Waals surface area contributed by atoms with Crippen LogP contribution in [0.4, 0.5) is 5.82 Å². The maximum absolute atomic E-state index is 5.73. The van der Waals surface area contributed by atoms with E-state index in [1.54, 1.807) is 6.20 Å². The van der Waals surface area contributed by atoms with Gasteiger partial charge >= 0.3 is 0 Å². The molecule has 0 saturated heterocycles. The van der Waals surface area contributed by atoms with E-state index < -0.39 is 0 Å². The highest BCUT2D eigenvalue weighted by Crippen LogP contribution is 2.29. The molecule has 0 radical (unpaired) electrons. The fourth-order valence-corrected chi connectivity index (χ4v) is 1.34. The zero-order valence-corrected chi connectivity index (χ0v) is 7.75. The molecule has 2 nitrogen and oxygen atoms in total. The first-order valence-electron chi connectivity index (χ1n) is 4.12. The number of anilines is 1. The van der Waals surface area contributed by atoms with Crippen molar-refractivity contribution in [3.8, 4) is 0 Å². The average Bonchev–Trinajstić information content (AvgIpc) is 2.87. The summed E-state index contributed by atoms with van der Waals surface area (Å²) in [6.45, 7) is 0. The van der Waals surface area contributed by atoms with Crippen LogP contribution in [0.25, 0.3) is 0 Å². The highest BCUT2D eigenvalue weighted by molar-refractivity contribution is 6.30. The van der Waals surface area contributed by atoms with Gasteiger partial charge in [0.15, 0.2) is 0 Å². The molecule has 0 amide bonds. The first-order valence-corrected chi connectivity index (χ1v) is 4.49. The monoisotopic (exact) mass is 182 g/mol. The SMILES string of the molecule is CN(c1ccc(Cl)cn1)C1CC1. The van der Waals surface area contributed by atoms with E-state index in [0.717, 1.165) is 5.82 Å². The van der Waals surface area contributed by atoms with Crippen molar-refractivity contribution in [1.82, 2.24) is 4.98 Å². The lowest BCUT2D eigenvalue weighted by Crippen LogP contribution is -2.20. The molecular weight excluding hydrogens is 172 g/mol. The Morgan fingerprint density at radius 3 is 2.75 bits per heavy atom. The summed E-state index contributed by atoms with van der Waals surface area (Å²) >= 11 is 5.73. The third-order valence-corrected chi connectivity index (χ3v) is 2.39. The minimum atomic E-state index is 0.697. The van der Waals surface area contributed by atoms with Gasteiger partial charge in [0, 0.05) is 19.3 Å². The quantitative estimate of drug-likeness (QED) is 0.698. The number of halogens is 1. The average molecular weight is 183 g/mol. The number of nitrogens with zero attached hydrogens (tertiary/aromatic N) is 2. The Morgan fingerprint density at radius 2 is 2.25 bits per heavy atom. The number of pyridine rings is 1. The molecule has 1 heterocycles. The Balaban J connectivity index is 2.16. The number of hydrogen-bond donors (Lipinski definition) is 0. The molecule has 3 heteroatoms. The summed E-state index contributed by atoms with van der Waals surface area (Å²) in [5.41, 5.74) is 0. The molecule has 0 spiro atoms. The van der Waals surface area contributed by atoms with Crippen LogP contribution in [0, 0.1) is 0 Å². The molecule has 0 aliphatic heterocycles. The van der Waals surface area contributed by atoms with E-state index in [1.807, 2.05) is 12.1 Å². The second kappa shape index (κ2) is 2.94. The molecule has 1 fully saturated rings. The van der Waals surface area contributed by atoms with Crippen molar-refractivity contribution in [2.75, 3.05) is 11.9 Å². The summed E-state index contributed by atoms with van der Waals surface area (Å²) in [6.07, 6.45) is 4.28. The minimum Gasteiger partial charge on any atom is -0.357 e. The summed E-state index contributed by atoms with van der Waals surface area (Å²) in [4.78, 5) is 6.44. The Hall–Kier alpha value is -0.760. The summed E-state index contributed by atoms with van der Waals surface area (Å²) in [5, 5.41) is 0.697. The summed E-state index contributed by atoms with van der Waals surface area (Å²) in [7, 11) is 2.08. The predicted molar refractivity (Wildman–Crippen MR) is 50.7 cm³/mol. The van der Waals surface area contributed by atoms with E-state index in [1.165, 1.54) is 12.8 Å². The van der Waals surface area contributed by atoms with Crippen LogP contribution in [-0.2, 0) is 0 Å². The lowest BCUT2D eigenvalue weighted by atomic mass is 10.4. The van der Waals surface area contributed by atoms with Gasteiger partial charge in [-0.05, 0) is 25.0 Å². The minimum absolute atomic E-state index is 0.697. The van der Waals surface area contributed by atoms with Crippen molar-refractivity contribution in [1.29, 1.82) is 0 Å². The smallest absolute Gasteiger partial charge is 0.128 e. The van der Waals surface area contributed by atoms with Gasteiger partial charge in [-0.3, -0.25) is 0 Å². The van der Waals surface area contributed by atoms with Crippen molar-refractivity contribution in [2.24, 2.45) is 0 Å². The first kappa shape index (κ1) is 7.87. The number of rotatable bonds is 2. The van der Waals surface area contributed by atoms with Gasteiger partial charge in [0.05, 0.1) is 5.02 Å². The second-order valence-corrected chi connectivity index (χ2v) is 3.61. The molecule has 0 atom stereocenters. The molecule has 1 aromatic heterocycles. The molecule has 1 aromatic rings. The summed E-state index contributed by atoms with van der Waals surface area (Å²) in [6, 6.07) is 4.54. The maximum Gasteiger partial charge on any atom is 0.128 e. The third-order valence-electron chi connectivity index (χ3n) is 2.17. The van der Waals surface area contributed by atoms with E-state index in [-0.39, 0.29) is 0 Å². The highest BCUT2D eigenvalue weighted by Gasteiger charge is 2.26. The Morgan fingerprint density at radius 1 is 1.50 bits per heavy atom. The van der Waals surface area contributed by atoms with Gasteiger partial charge in [-0.15, -0.1) is 0 Å². The summed E-state index contributed by atoms with van der Waals surface area (Å²) < 4.78 is 0. The zero-order valence-electron chi connectivity index (χ0n) is 7.00. The predicted octanol–water partition coefficient (Wildman–Crippen LogP) is 2.33. The lowest BCUT2D eigenvalue weighted by molar-refractivity contribution is 0.892. The van der Waals surface area contributed by atoms with Crippen LogP contribution >= 0.6 is 11.6 Å². The number of aromatic nitrogens is 1. The van der Waals surface area contributed by atoms with Gasteiger partial charge in [-0.2, -0.15) is 0 Å². The normalized spacial score (nSPS) is 16.2. The largest absolute Gasteiger partial charge is 0.357 e. The molecule has 0 N–H and O–H groups in total. The molecule has 0 bridgehead atoms.